The summed E-state index contributed by atoms with van der Waals surface area (Å²) in [7, 11) is 1.43. The van der Waals surface area contributed by atoms with Crippen LogP contribution in [0.4, 0.5) is 37.7 Å². The number of aromatic hydroxyl groups is 1. The number of ether oxygens (including phenoxy) is 1. The average molecular weight is 879 g/mol. The Hall–Kier alpha value is -5.25. The number of hydrogen-bond acceptors (Lipinski definition) is 7. The van der Waals surface area contributed by atoms with Crippen LogP contribution < -0.4 is 15.1 Å². The summed E-state index contributed by atoms with van der Waals surface area (Å²) in [5.41, 5.74) is -2.30. The third-order valence-corrected chi connectivity index (χ3v) is 12.6. The van der Waals surface area contributed by atoms with Crippen LogP contribution in [-0.2, 0) is 36.9 Å². The second-order valence-corrected chi connectivity index (χ2v) is 15.9. The topological polar surface area (TPSA) is 116 Å². The fraction of sp³-hybridized carbons (Fsp3) is 0.268. The van der Waals surface area contributed by atoms with Gasteiger partial charge in [0.15, 0.2) is 0 Å². The molecule has 4 aromatic carbocycles. The minimum atomic E-state index is -5.26. The van der Waals surface area contributed by atoms with Crippen molar-refractivity contribution in [2.75, 3.05) is 17.4 Å². The van der Waals surface area contributed by atoms with E-state index in [0.717, 1.165) is 5.01 Å². The Labute approximate surface area is 346 Å². The van der Waals surface area contributed by atoms with Crippen molar-refractivity contribution < 1.29 is 55.4 Å². The van der Waals surface area contributed by atoms with Crippen molar-refractivity contribution in [3.05, 3.63) is 128 Å². The molecule has 2 N–H and O–H groups in total. The van der Waals surface area contributed by atoms with Gasteiger partial charge in [-0.2, -0.15) is 31.4 Å². The van der Waals surface area contributed by atoms with Gasteiger partial charge in [-0.3, -0.25) is 24.6 Å². The van der Waals surface area contributed by atoms with Crippen molar-refractivity contribution >= 4 is 69.8 Å². The molecule has 4 aromatic rings. The van der Waals surface area contributed by atoms with Crippen molar-refractivity contribution in [1.82, 2.24) is 5.01 Å². The Morgan fingerprint density at radius 3 is 2.03 bits per heavy atom. The van der Waals surface area contributed by atoms with Crippen molar-refractivity contribution in [3.63, 3.8) is 0 Å². The number of fused-ring (bicyclic) bond motifs is 4. The van der Waals surface area contributed by atoms with Crippen molar-refractivity contribution in [3.8, 4) is 11.5 Å². The third-order valence-electron chi connectivity index (χ3n) is 11.7. The van der Waals surface area contributed by atoms with Gasteiger partial charge in [0.1, 0.15) is 11.5 Å². The van der Waals surface area contributed by atoms with Gasteiger partial charge in [0.05, 0.1) is 57.8 Å². The Morgan fingerprint density at radius 2 is 1.44 bits per heavy atom. The molecule has 0 unspecified atom stereocenters. The molecule has 3 fully saturated rings. The number of nitrogens with zero attached hydrogens (tertiary/aromatic N) is 2. The maximum Gasteiger partial charge on any atom is 0.416 e. The first kappa shape index (κ1) is 40.5. The number of methoxy groups -OCH3 is 1. The number of nitrogens with one attached hydrogen (secondary N) is 1. The highest BCUT2D eigenvalue weighted by atomic mass is 35.5. The first-order chi connectivity index (χ1) is 27.8. The number of hydrogen-bond donors (Lipinski definition) is 2. The summed E-state index contributed by atoms with van der Waals surface area (Å²) in [6.07, 6.45) is -9.39. The number of allylic oxidation sites excluding steroid dienone is 2. The summed E-state index contributed by atoms with van der Waals surface area (Å²) >= 11 is 19.4. The van der Waals surface area contributed by atoms with Crippen molar-refractivity contribution in [2.24, 2.45) is 23.7 Å². The zero-order chi connectivity index (χ0) is 42.5. The molecule has 2 saturated heterocycles. The van der Waals surface area contributed by atoms with Crippen LogP contribution in [-0.4, -0.2) is 40.9 Å². The number of phenolic OH excluding ortho intramolecular Hbond substituents is 1. The van der Waals surface area contributed by atoms with E-state index >= 15 is 4.79 Å². The van der Waals surface area contributed by atoms with Gasteiger partial charge in [-0.05, 0) is 90.6 Å². The fourth-order valence-corrected chi connectivity index (χ4v) is 9.99. The van der Waals surface area contributed by atoms with E-state index in [0.29, 0.717) is 33.9 Å². The molecular weight excluding hydrogens is 851 g/mol. The minimum Gasteiger partial charge on any atom is -0.508 e. The summed E-state index contributed by atoms with van der Waals surface area (Å²) in [5.74, 6) is -9.69. The van der Waals surface area contributed by atoms with Gasteiger partial charge in [0.2, 0.25) is 11.8 Å². The molecule has 306 valence electrons. The number of phenols is 1. The largest absolute Gasteiger partial charge is 0.508 e. The molecule has 4 amide bonds. The van der Waals surface area contributed by atoms with Crippen LogP contribution >= 0.6 is 34.8 Å². The molecule has 2 aliphatic heterocycles. The van der Waals surface area contributed by atoms with E-state index in [-0.39, 0.29) is 51.0 Å². The summed E-state index contributed by atoms with van der Waals surface area (Å²) in [6, 6.07) is 15.2. The minimum absolute atomic E-state index is 0.0307. The van der Waals surface area contributed by atoms with Gasteiger partial charge in [0.25, 0.3) is 11.8 Å². The first-order valence-corrected chi connectivity index (χ1v) is 19.0. The van der Waals surface area contributed by atoms with Gasteiger partial charge in [-0.15, -0.1) is 0 Å². The van der Waals surface area contributed by atoms with Crippen LogP contribution in [0.1, 0.15) is 41.0 Å². The number of anilines is 2. The number of alkyl halides is 6. The van der Waals surface area contributed by atoms with E-state index in [2.05, 4.69) is 5.43 Å². The number of carbonyl (C=O) groups is 4. The first-order valence-electron chi connectivity index (χ1n) is 17.9. The number of benzene rings is 4. The second kappa shape index (κ2) is 14.2. The number of carbonyl (C=O) groups excluding carboxylic acids is 4. The molecule has 0 bridgehead atoms. The lowest BCUT2D eigenvalue weighted by Crippen LogP contribution is -2.53. The monoisotopic (exact) mass is 877 g/mol. The molecule has 0 spiro atoms. The standard InChI is InChI=1S/C41H28Cl3F6N3O6/c1-59-24-6-2-18(3-7-24)39-29(36(56)53(38(39)58)51-32-11-4-21(42)15-31(32)44)17-28-25(34(39)26-8-5-23(54)16-30(26)43)9-10-27-33(28)37(57)52(35(27)55)22-13-19(40(45,46)47)12-20(14-22)41(48,49)50/h2-9,11-16,27-29,33-34,51,54H,10,17H2,1H3/t27-,28+,29-,33-,34+,39+/m0/s1. The van der Waals surface area contributed by atoms with E-state index in [4.69, 9.17) is 39.5 Å². The van der Waals surface area contributed by atoms with E-state index in [1.807, 2.05) is 0 Å². The van der Waals surface area contributed by atoms with Crippen LogP contribution in [0, 0.1) is 23.7 Å². The second-order valence-electron chi connectivity index (χ2n) is 14.7. The van der Waals surface area contributed by atoms with Crippen LogP contribution in [0.2, 0.25) is 15.1 Å². The predicted molar refractivity (Wildman–Crippen MR) is 203 cm³/mol. The Bertz CT molecular complexity index is 2460. The molecule has 4 aliphatic rings. The SMILES string of the molecule is COc1ccc([C@@]23C(=O)N(Nc4ccc(Cl)cc4Cl)C(=O)[C@@H]2C[C@@H]2C(=CC[C@@H]4C(=O)N(c5cc(C(F)(F)F)cc(C(F)(F)F)c5)C(=O)[C@@H]42)[C@@H]3c2ccc(O)cc2Cl)cc1. The molecular formula is C41H28Cl3F6N3O6. The third kappa shape index (κ3) is 6.40. The summed E-state index contributed by atoms with van der Waals surface area (Å²) in [6.45, 7) is 0. The maximum atomic E-state index is 15.4. The molecule has 8 rings (SSSR count). The van der Waals surface area contributed by atoms with Gasteiger partial charge in [-0.25, -0.2) is 4.90 Å². The zero-order valence-electron chi connectivity index (χ0n) is 30.2. The quantitative estimate of drug-likeness (QED) is 0.113. The smallest absolute Gasteiger partial charge is 0.416 e. The van der Waals surface area contributed by atoms with Crippen molar-refractivity contribution in [2.45, 2.75) is 36.5 Å². The summed E-state index contributed by atoms with van der Waals surface area (Å²) < 4.78 is 89.0. The van der Waals surface area contributed by atoms with Gasteiger partial charge in [-0.1, -0.05) is 64.7 Å². The molecule has 2 aliphatic carbocycles. The molecule has 59 heavy (non-hydrogen) atoms. The highest BCUT2D eigenvalue weighted by Gasteiger charge is 2.70. The van der Waals surface area contributed by atoms with Gasteiger partial charge in [0, 0.05) is 16.0 Å². The normalized spacial score (nSPS) is 25.5. The molecule has 9 nitrogen and oxygen atoms in total. The lowest BCUT2D eigenvalue weighted by atomic mass is 9.49. The Balaban J connectivity index is 1.32. The Kier molecular flexibility index (Phi) is 9.75. The number of halogens is 9. The van der Waals surface area contributed by atoms with Crippen LogP contribution in [0.25, 0.3) is 0 Å². The van der Waals surface area contributed by atoms with E-state index in [1.165, 1.54) is 43.5 Å². The molecule has 1 saturated carbocycles. The van der Waals surface area contributed by atoms with E-state index in [9.17, 15) is 45.8 Å². The molecule has 6 atom stereocenters. The Morgan fingerprint density at radius 1 is 0.780 bits per heavy atom. The van der Waals surface area contributed by atoms with Crippen LogP contribution in [0.15, 0.2) is 90.5 Å². The van der Waals surface area contributed by atoms with E-state index < -0.39 is 87.8 Å². The maximum absolute atomic E-state index is 15.4. The highest BCUT2D eigenvalue weighted by Crippen LogP contribution is 2.65. The molecule has 0 radical (unpaired) electrons. The fourth-order valence-electron chi connectivity index (χ4n) is 9.26. The van der Waals surface area contributed by atoms with Crippen LogP contribution in [0.3, 0.4) is 0 Å². The highest BCUT2D eigenvalue weighted by molar-refractivity contribution is 6.36. The number of rotatable bonds is 6. The molecule has 18 heteroatoms. The molecule has 2 heterocycles. The number of hydrazine groups is 1. The molecule has 0 aromatic heterocycles. The van der Waals surface area contributed by atoms with Crippen LogP contribution in [0.5, 0.6) is 11.5 Å². The lowest BCUT2D eigenvalue weighted by molar-refractivity contribution is -0.143. The lowest BCUT2D eigenvalue weighted by Gasteiger charge is -2.50. The number of imide groups is 2. The van der Waals surface area contributed by atoms with Crippen molar-refractivity contribution in [1.29, 1.82) is 0 Å². The zero-order valence-corrected chi connectivity index (χ0v) is 32.4. The summed E-state index contributed by atoms with van der Waals surface area (Å²) in [4.78, 5) is 59.2. The predicted octanol–water partition coefficient (Wildman–Crippen LogP) is 9.59. The summed E-state index contributed by atoms with van der Waals surface area (Å²) in [5, 5.41) is 11.5. The van der Waals surface area contributed by atoms with Gasteiger partial charge < -0.3 is 9.84 Å². The van der Waals surface area contributed by atoms with E-state index in [1.54, 1.807) is 30.3 Å². The average Bonchev–Trinajstić information content (AvgIpc) is 3.56. The van der Waals surface area contributed by atoms with Gasteiger partial charge >= 0.3 is 12.4 Å². The number of amides is 4.